The Morgan fingerprint density at radius 1 is 1.16 bits per heavy atom. The van der Waals surface area contributed by atoms with Gasteiger partial charge in [0.25, 0.3) is 0 Å². The number of hydrogen-bond acceptors (Lipinski definition) is 4. The summed E-state index contributed by atoms with van der Waals surface area (Å²) in [5.74, 6) is 1.52. The number of unbranched alkanes of at least 4 members (excludes halogenated alkanes) is 1. The van der Waals surface area contributed by atoms with Gasteiger partial charge in [0.2, 0.25) is 0 Å². The molecule has 0 radical (unpaired) electrons. The molecular weight excluding hydrogens is 318 g/mol. The molecule has 0 aliphatic heterocycles. The number of benzene rings is 2. The number of nitrogens with one attached hydrogen (secondary N) is 2. The molecule has 2 rings (SSSR count). The fraction of sp³-hybridized carbons (Fsp3) is 0.263. The van der Waals surface area contributed by atoms with Crippen molar-refractivity contribution < 1.29 is 14.3 Å². The first-order valence-electron chi connectivity index (χ1n) is 8.18. The number of methoxy groups -OCH3 is 1. The van der Waals surface area contributed by atoms with E-state index in [9.17, 15) is 4.79 Å². The average Bonchev–Trinajstić information content (AvgIpc) is 2.63. The van der Waals surface area contributed by atoms with Gasteiger partial charge in [-0.2, -0.15) is 5.10 Å². The second-order valence-corrected chi connectivity index (χ2v) is 5.33. The lowest BCUT2D eigenvalue weighted by Gasteiger charge is -2.07. The molecular formula is C19H23N3O3. The average molecular weight is 341 g/mol. The minimum absolute atomic E-state index is 0.418. The van der Waals surface area contributed by atoms with Crippen LogP contribution in [0.15, 0.2) is 53.6 Å². The lowest BCUT2D eigenvalue weighted by atomic mass is 10.2. The highest BCUT2D eigenvalue weighted by Crippen LogP contribution is 2.16. The van der Waals surface area contributed by atoms with Crippen LogP contribution in [0.2, 0.25) is 0 Å². The maximum atomic E-state index is 11.8. The fourth-order valence-electron chi connectivity index (χ4n) is 2.02. The molecule has 0 aliphatic rings. The molecule has 2 amide bonds. The Bertz CT molecular complexity index is 699. The Labute approximate surface area is 147 Å². The predicted molar refractivity (Wildman–Crippen MR) is 99.6 cm³/mol. The van der Waals surface area contributed by atoms with Gasteiger partial charge in [0.15, 0.2) is 0 Å². The van der Waals surface area contributed by atoms with Gasteiger partial charge in [-0.15, -0.1) is 0 Å². The van der Waals surface area contributed by atoms with Crippen LogP contribution in [-0.2, 0) is 0 Å². The third-order valence-electron chi connectivity index (χ3n) is 3.35. The van der Waals surface area contributed by atoms with Crippen LogP contribution in [0.4, 0.5) is 10.5 Å². The summed E-state index contributed by atoms with van der Waals surface area (Å²) in [5, 5.41) is 6.61. The van der Waals surface area contributed by atoms with E-state index in [0.717, 1.165) is 29.9 Å². The molecule has 0 saturated carbocycles. The van der Waals surface area contributed by atoms with E-state index in [1.807, 2.05) is 36.4 Å². The molecule has 0 aromatic heterocycles. The quantitative estimate of drug-likeness (QED) is 0.432. The summed E-state index contributed by atoms with van der Waals surface area (Å²) in [6, 6.07) is 14.2. The highest BCUT2D eigenvalue weighted by molar-refractivity contribution is 5.90. The second kappa shape index (κ2) is 9.97. The van der Waals surface area contributed by atoms with E-state index >= 15 is 0 Å². The number of urea groups is 1. The number of nitrogens with zero attached hydrogens (tertiary/aromatic N) is 1. The first-order valence-corrected chi connectivity index (χ1v) is 8.18. The zero-order valence-corrected chi connectivity index (χ0v) is 14.5. The van der Waals surface area contributed by atoms with E-state index < -0.39 is 6.03 Å². The zero-order chi connectivity index (χ0) is 17.9. The van der Waals surface area contributed by atoms with Gasteiger partial charge < -0.3 is 14.8 Å². The second-order valence-electron chi connectivity index (χ2n) is 5.33. The van der Waals surface area contributed by atoms with E-state index in [2.05, 4.69) is 22.8 Å². The first kappa shape index (κ1) is 18.3. The lowest BCUT2D eigenvalue weighted by molar-refractivity contribution is 0.252. The molecule has 0 atom stereocenters. The smallest absolute Gasteiger partial charge is 0.339 e. The lowest BCUT2D eigenvalue weighted by Crippen LogP contribution is -2.24. The fourth-order valence-corrected chi connectivity index (χ4v) is 2.02. The van der Waals surface area contributed by atoms with Gasteiger partial charge in [0.1, 0.15) is 11.5 Å². The van der Waals surface area contributed by atoms with Gasteiger partial charge in [0, 0.05) is 5.69 Å². The molecule has 0 unspecified atom stereocenters. The van der Waals surface area contributed by atoms with Gasteiger partial charge in [0.05, 0.1) is 19.9 Å². The molecule has 0 spiro atoms. The largest absolute Gasteiger partial charge is 0.497 e. The first-order chi connectivity index (χ1) is 12.2. The molecule has 2 aromatic rings. The summed E-state index contributed by atoms with van der Waals surface area (Å²) >= 11 is 0. The maximum Gasteiger partial charge on any atom is 0.339 e. The highest BCUT2D eigenvalue weighted by atomic mass is 16.5. The number of hydrogen-bond donors (Lipinski definition) is 2. The number of carbonyl (C=O) groups excluding carboxylic acids is 1. The summed E-state index contributed by atoms with van der Waals surface area (Å²) in [5.41, 5.74) is 3.91. The van der Waals surface area contributed by atoms with Crippen molar-refractivity contribution in [1.82, 2.24) is 5.43 Å². The maximum absolute atomic E-state index is 11.8. The van der Waals surface area contributed by atoms with Gasteiger partial charge in [-0.1, -0.05) is 25.5 Å². The van der Waals surface area contributed by atoms with Crippen LogP contribution in [0.5, 0.6) is 11.5 Å². The Morgan fingerprint density at radius 3 is 2.68 bits per heavy atom. The van der Waals surface area contributed by atoms with Gasteiger partial charge in [-0.3, -0.25) is 0 Å². The Hall–Kier alpha value is -3.02. The third kappa shape index (κ3) is 6.55. The van der Waals surface area contributed by atoms with Crippen LogP contribution in [0, 0.1) is 0 Å². The molecule has 25 heavy (non-hydrogen) atoms. The van der Waals surface area contributed by atoms with E-state index in [0.29, 0.717) is 12.3 Å². The molecule has 0 saturated heterocycles. The van der Waals surface area contributed by atoms with Crippen molar-refractivity contribution in [3.8, 4) is 11.5 Å². The summed E-state index contributed by atoms with van der Waals surface area (Å²) in [6.45, 7) is 2.81. The van der Waals surface area contributed by atoms with Gasteiger partial charge >= 0.3 is 6.03 Å². The molecule has 2 N–H and O–H groups in total. The molecule has 0 bridgehead atoms. The third-order valence-corrected chi connectivity index (χ3v) is 3.35. The minimum atomic E-state index is -0.418. The molecule has 6 nitrogen and oxygen atoms in total. The van der Waals surface area contributed by atoms with Gasteiger partial charge in [-0.05, 0) is 48.4 Å². The number of amides is 2. The van der Waals surface area contributed by atoms with Crippen molar-refractivity contribution in [2.45, 2.75) is 19.8 Å². The zero-order valence-electron chi connectivity index (χ0n) is 14.5. The molecule has 0 fully saturated rings. The van der Waals surface area contributed by atoms with Crippen molar-refractivity contribution in [2.75, 3.05) is 19.0 Å². The summed E-state index contributed by atoms with van der Waals surface area (Å²) in [4.78, 5) is 11.8. The van der Waals surface area contributed by atoms with Crippen molar-refractivity contribution >= 4 is 17.9 Å². The van der Waals surface area contributed by atoms with Crippen LogP contribution in [0.1, 0.15) is 25.3 Å². The van der Waals surface area contributed by atoms with Crippen molar-refractivity contribution in [2.24, 2.45) is 5.10 Å². The molecule has 2 aromatic carbocycles. The van der Waals surface area contributed by atoms with Crippen molar-refractivity contribution in [3.63, 3.8) is 0 Å². The Morgan fingerprint density at radius 2 is 1.96 bits per heavy atom. The van der Waals surface area contributed by atoms with Crippen LogP contribution in [0.25, 0.3) is 0 Å². The van der Waals surface area contributed by atoms with Crippen molar-refractivity contribution in [3.05, 3.63) is 54.1 Å². The number of carbonyl (C=O) groups is 1. The van der Waals surface area contributed by atoms with Crippen LogP contribution < -0.4 is 20.2 Å². The normalized spacial score (nSPS) is 10.5. The number of rotatable bonds is 8. The molecule has 0 heterocycles. The van der Waals surface area contributed by atoms with E-state index in [1.54, 1.807) is 25.5 Å². The van der Waals surface area contributed by atoms with Crippen LogP contribution in [-0.4, -0.2) is 26.0 Å². The number of hydrazone groups is 1. The van der Waals surface area contributed by atoms with Crippen LogP contribution >= 0.6 is 0 Å². The monoisotopic (exact) mass is 341 g/mol. The Kier molecular flexibility index (Phi) is 7.31. The van der Waals surface area contributed by atoms with E-state index in [-0.39, 0.29) is 0 Å². The topological polar surface area (TPSA) is 72.0 Å². The minimum Gasteiger partial charge on any atom is -0.497 e. The van der Waals surface area contributed by atoms with E-state index in [4.69, 9.17) is 9.47 Å². The summed E-state index contributed by atoms with van der Waals surface area (Å²) in [6.07, 6.45) is 3.66. The SMILES string of the molecule is CCCCOc1ccc(NC(=O)N/N=C/c2cccc(OC)c2)cc1. The molecule has 6 heteroatoms. The highest BCUT2D eigenvalue weighted by Gasteiger charge is 2.01. The Balaban J connectivity index is 1.80. The summed E-state index contributed by atoms with van der Waals surface area (Å²) in [7, 11) is 1.60. The predicted octanol–water partition coefficient (Wildman–Crippen LogP) is 4.03. The molecule has 0 aliphatic carbocycles. The van der Waals surface area contributed by atoms with Crippen LogP contribution in [0.3, 0.4) is 0 Å². The van der Waals surface area contributed by atoms with E-state index in [1.165, 1.54) is 0 Å². The standard InChI is InChI=1S/C19H23N3O3/c1-3-4-12-25-17-10-8-16(9-11-17)21-19(23)22-20-14-15-6-5-7-18(13-15)24-2/h5-11,13-14H,3-4,12H2,1-2H3,(H2,21,22,23)/b20-14+. The van der Waals surface area contributed by atoms with Gasteiger partial charge in [-0.25, -0.2) is 10.2 Å². The van der Waals surface area contributed by atoms with Crippen molar-refractivity contribution in [1.29, 1.82) is 0 Å². The summed E-state index contributed by atoms with van der Waals surface area (Å²) < 4.78 is 10.7. The number of ether oxygens (including phenoxy) is 2. The molecule has 132 valence electrons. The number of anilines is 1.